The average molecular weight is 386 g/mol. The molecule has 0 fully saturated rings. The number of ether oxygens (including phenoxy) is 1. The molecule has 25 heavy (non-hydrogen) atoms. The van der Waals surface area contributed by atoms with Gasteiger partial charge in [0, 0.05) is 35.9 Å². The Balaban J connectivity index is 2.11. The van der Waals surface area contributed by atoms with Gasteiger partial charge in [0.25, 0.3) is 5.91 Å². The number of aliphatic hydroxyl groups is 1. The van der Waals surface area contributed by atoms with E-state index in [1.807, 2.05) is 13.8 Å². The van der Waals surface area contributed by atoms with Gasteiger partial charge in [-0.05, 0) is 38.0 Å². The highest BCUT2D eigenvalue weighted by molar-refractivity contribution is 6.35. The lowest BCUT2D eigenvalue weighted by Crippen LogP contribution is -2.23. The zero-order chi connectivity index (χ0) is 18.4. The number of rotatable bonds is 8. The van der Waals surface area contributed by atoms with E-state index in [-0.39, 0.29) is 31.0 Å². The van der Waals surface area contributed by atoms with E-state index in [4.69, 9.17) is 33.0 Å². The zero-order valence-corrected chi connectivity index (χ0v) is 15.6. The van der Waals surface area contributed by atoms with Crippen molar-refractivity contribution < 1.29 is 14.6 Å². The maximum Gasteiger partial charge on any atom is 0.258 e. The zero-order valence-electron chi connectivity index (χ0n) is 14.1. The molecule has 2 rings (SSSR count). The van der Waals surface area contributed by atoms with E-state index in [0.717, 1.165) is 5.56 Å². The van der Waals surface area contributed by atoms with E-state index in [2.05, 4.69) is 10.4 Å². The molecule has 0 spiro atoms. The summed E-state index contributed by atoms with van der Waals surface area (Å²) in [7, 11) is 0. The summed E-state index contributed by atoms with van der Waals surface area (Å²) in [4.78, 5) is 12.5. The Morgan fingerprint density at radius 1 is 1.40 bits per heavy atom. The van der Waals surface area contributed by atoms with Gasteiger partial charge in [0.2, 0.25) is 5.88 Å². The Kier molecular flexibility index (Phi) is 7.11. The largest absolute Gasteiger partial charge is 0.473 e. The van der Waals surface area contributed by atoms with Crippen LogP contribution in [0.2, 0.25) is 10.0 Å². The Morgan fingerprint density at radius 2 is 2.16 bits per heavy atom. The summed E-state index contributed by atoms with van der Waals surface area (Å²) in [6.45, 7) is 4.54. The molecular weight excluding hydrogens is 365 g/mol. The van der Waals surface area contributed by atoms with E-state index in [1.165, 1.54) is 0 Å². The first-order valence-electron chi connectivity index (χ1n) is 7.97. The number of benzene rings is 1. The van der Waals surface area contributed by atoms with Crippen molar-refractivity contribution in [2.24, 2.45) is 0 Å². The summed E-state index contributed by atoms with van der Waals surface area (Å²) in [6, 6.07) is 5.11. The highest BCUT2D eigenvalue weighted by Crippen LogP contribution is 2.22. The summed E-state index contributed by atoms with van der Waals surface area (Å²) >= 11 is 12.0. The molecular formula is C17H21Cl2N3O3. The number of hydrogen-bond donors (Lipinski definition) is 2. The lowest BCUT2D eigenvalue weighted by Gasteiger charge is -2.09. The van der Waals surface area contributed by atoms with Crippen molar-refractivity contribution in [3.63, 3.8) is 0 Å². The molecule has 0 atom stereocenters. The molecule has 0 aliphatic rings. The molecule has 6 nitrogen and oxygen atoms in total. The van der Waals surface area contributed by atoms with E-state index >= 15 is 0 Å². The predicted molar refractivity (Wildman–Crippen MR) is 97.3 cm³/mol. The third kappa shape index (κ3) is 5.63. The lowest BCUT2D eigenvalue weighted by molar-refractivity contribution is 0.0945. The number of nitrogens with one attached hydrogen (secondary N) is 1. The van der Waals surface area contributed by atoms with Crippen LogP contribution in [0.1, 0.15) is 36.2 Å². The molecule has 2 aromatic rings. The fourth-order valence-corrected chi connectivity index (χ4v) is 2.63. The Bertz CT molecular complexity index is 732. The van der Waals surface area contributed by atoms with E-state index in [1.54, 1.807) is 29.1 Å². The molecule has 2 N–H and O–H groups in total. The molecule has 0 unspecified atom stereocenters. The number of aromatic nitrogens is 2. The third-order valence-corrected chi connectivity index (χ3v) is 3.91. The van der Waals surface area contributed by atoms with Crippen molar-refractivity contribution >= 4 is 29.1 Å². The normalized spacial score (nSPS) is 11.0. The molecule has 0 saturated heterocycles. The van der Waals surface area contributed by atoms with Crippen LogP contribution >= 0.6 is 23.2 Å². The first-order valence-corrected chi connectivity index (χ1v) is 8.73. The van der Waals surface area contributed by atoms with Gasteiger partial charge in [-0.25, -0.2) is 0 Å². The van der Waals surface area contributed by atoms with Gasteiger partial charge < -0.3 is 15.2 Å². The van der Waals surface area contributed by atoms with Crippen molar-refractivity contribution in [1.82, 2.24) is 15.1 Å². The van der Waals surface area contributed by atoms with Gasteiger partial charge >= 0.3 is 0 Å². The molecule has 0 aliphatic heterocycles. The molecule has 1 aromatic carbocycles. The summed E-state index contributed by atoms with van der Waals surface area (Å²) in [5.41, 5.74) is 1.11. The highest BCUT2D eigenvalue weighted by Gasteiger charge is 2.19. The Labute approximate surface area is 156 Å². The van der Waals surface area contributed by atoms with Crippen LogP contribution in [0.15, 0.2) is 24.4 Å². The number of hydrogen-bond acceptors (Lipinski definition) is 4. The lowest BCUT2D eigenvalue weighted by atomic mass is 10.2. The monoisotopic (exact) mass is 385 g/mol. The van der Waals surface area contributed by atoms with Crippen molar-refractivity contribution in [3.05, 3.63) is 45.6 Å². The van der Waals surface area contributed by atoms with Crippen molar-refractivity contribution in [3.8, 4) is 5.88 Å². The molecule has 0 bridgehead atoms. The van der Waals surface area contributed by atoms with Crippen LogP contribution in [0, 0.1) is 0 Å². The molecule has 1 aromatic heterocycles. The second-order valence-corrected chi connectivity index (χ2v) is 6.62. The quantitative estimate of drug-likeness (QED) is 0.730. The number of amides is 1. The first-order chi connectivity index (χ1) is 11.9. The maximum absolute atomic E-state index is 12.5. The van der Waals surface area contributed by atoms with Gasteiger partial charge in [0.05, 0.1) is 6.10 Å². The standard InChI is InChI=1S/C17H21Cl2N3O3/c1-11(2)25-17-14(10-22(21-17)6-3-7-23)16(24)20-9-12-4-5-13(18)8-15(12)19/h4-5,8,10-11,23H,3,6-7,9H2,1-2H3,(H,20,24). The van der Waals surface area contributed by atoms with Gasteiger partial charge in [-0.3, -0.25) is 9.48 Å². The SMILES string of the molecule is CC(C)Oc1nn(CCCO)cc1C(=O)NCc1ccc(Cl)cc1Cl. The number of carbonyl (C=O) groups excluding carboxylic acids is 1. The van der Waals surface area contributed by atoms with Crippen LogP contribution in [-0.2, 0) is 13.1 Å². The molecule has 0 saturated carbocycles. The third-order valence-electron chi connectivity index (χ3n) is 3.32. The number of halogens is 2. The van der Waals surface area contributed by atoms with E-state index < -0.39 is 0 Å². The molecule has 1 amide bonds. The predicted octanol–water partition coefficient (Wildman–Crippen LogP) is 3.29. The number of nitrogens with zero attached hydrogens (tertiary/aromatic N) is 2. The second-order valence-electron chi connectivity index (χ2n) is 5.77. The van der Waals surface area contributed by atoms with Gasteiger partial charge in [-0.1, -0.05) is 29.3 Å². The summed E-state index contributed by atoms with van der Waals surface area (Å²) in [6.07, 6.45) is 2.05. The van der Waals surface area contributed by atoms with Crippen LogP contribution in [0.25, 0.3) is 0 Å². The summed E-state index contributed by atoms with van der Waals surface area (Å²) < 4.78 is 7.22. The van der Waals surface area contributed by atoms with Gasteiger partial charge in [-0.2, -0.15) is 0 Å². The summed E-state index contributed by atoms with van der Waals surface area (Å²) in [5, 5.41) is 17.1. The van der Waals surface area contributed by atoms with Gasteiger partial charge in [-0.15, -0.1) is 5.10 Å². The number of carbonyl (C=O) groups is 1. The van der Waals surface area contributed by atoms with E-state index in [9.17, 15) is 4.79 Å². The van der Waals surface area contributed by atoms with Crippen LogP contribution in [0.5, 0.6) is 5.88 Å². The van der Waals surface area contributed by atoms with Crippen LogP contribution in [0.3, 0.4) is 0 Å². The van der Waals surface area contributed by atoms with E-state index in [0.29, 0.717) is 28.6 Å². The van der Waals surface area contributed by atoms with Crippen LogP contribution in [0.4, 0.5) is 0 Å². The minimum absolute atomic E-state index is 0.0524. The molecule has 1 heterocycles. The molecule has 8 heteroatoms. The molecule has 0 aliphatic carbocycles. The Morgan fingerprint density at radius 3 is 2.80 bits per heavy atom. The van der Waals surface area contributed by atoms with Gasteiger partial charge in [0.1, 0.15) is 5.56 Å². The minimum Gasteiger partial charge on any atom is -0.473 e. The second kappa shape index (κ2) is 9.08. The molecule has 0 radical (unpaired) electrons. The van der Waals surface area contributed by atoms with Crippen LogP contribution in [-0.4, -0.2) is 33.5 Å². The van der Waals surface area contributed by atoms with Crippen molar-refractivity contribution in [2.45, 2.75) is 39.5 Å². The first kappa shape index (κ1) is 19.6. The smallest absolute Gasteiger partial charge is 0.258 e. The molecule has 136 valence electrons. The topological polar surface area (TPSA) is 76.4 Å². The maximum atomic E-state index is 12.5. The number of aliphatic hydroxyl groups excluding tert-OH is 1. The minimum atomic E-state index is -0.308. The summed E-state index contributed by atoms with van der Waals surface area (Å²) in [5.74, 6) is -0.0374. The van der Waals surface area contributed by atoms with Crippen LogP contribution < -0.4 is 10.1 Å². The number of aryl methyl sites for hydroxylation is 1. The Hall–Kier alpha value is -1.76. The average Bonchev–Trinajstić information content (AvgIpc) is 2.94. The fourth-order valence-electron chi connectivity index (χ4n) is 2.15. The van der Waals surface area contributed by atoms with Crippen molar-refractivity contribution in [1.29, 1.82) is 0 Å². The van der Waals surface area contributed by atoms with Crippen molar-refractivity contribution in [2.75, 3.05) is 6.61 Å². The fraction of sp³-hybridized carbons (Fsp3) is 0.412. The van der Waals surface area contributed by atoms with Gasteiger partial charge in [0.15, 0.2) is 0 Å². The highest BCUT2D eigenvalue weighted by atomic mass is 35.5.